The first-order chi connectivity index (χ1) is 15.2. The molecule has 4 rings (SSSR count). The van der Waals surface area contributed by atoms with Crippen LogP contribution in [0.25, 0.3) is 11.4 Å². The summed E-state index contributed by atoms with van der Waals surface area (Å²) in [6, 6.07) is 15.4. The van der Waals surface area contributed by atoms with Gasteiger partial charge in [-0.25, -0.2) is 0 Å². The van der Waals surface area contributed by atoms with Gasteiger partial charge in [-0.1, -0.05) is 48.3 Å². The quantitative estimate of drug-likeness (QED) is 0.440. The van der Waals surface area contributed by atoms with E-state index in [1.807, 2.05) is 48.5 Å². The van der Waals surface area contributed by atoms with E-state index >= 15 is 0 Å². The molecule has 1 saturated carbocycles. The van der Waals surface area contributed by atoms with Crippen molar-refractivity contribution in [3.8, 4) is 22.9 Å². The minimum Gasteiger partial charge on any atom is -0.497 e. The zero-order valence-electron chi connectivity index (χ0n) is 17.4. The van der Waals surface area contributed by atoms with Crippen molar-refractivity contribution in [1.29, 1.82) is 0 Å². The molecule has 164 valence electrons. The molecule has 1 aromatic heterocycles. The van der Waals surface area contributed by atoms with E-state index in [1.165, 1.54) is 24.6 Å². The van der Waals surface area contributed by atoms with Crippen molar-refractivity contribution >= 4 is 23.4 Å². The highest BCUT2D eigenvalue weighted by atomic mass is 35.5. The fraction of sp³-hybridized carbons (Fsp3) is 0.391. The normalized spacial score (nSPS) is 15.2. The fourth-order valence-electron chi connectivity index (χ4n) is 3.78. The summed E-state index contributed by atoms with van der Waals surface area (Å²) in [5.41, 5.74) is 0.888. The van der Waals surface area contributed by atoms with Gasteiger partial charge in [0.1, 0.15) is 18.1 Å². The summed E-state index contributed by atoms with van der Waals surface area (Å²) < 4.78 is 13.0. The third kappa shape index (κ3) is 5.34. The smallest absolute Gasteiger partial charge is 0.191 e. The van der Waals surface area contributed by atoms with Gasteiger partial charge >= 0.3 is 0 Å². The summed E-state index contributed by atoms with van der Waals surface area (Å²) >= 11 is 7.94. The molecule has 1 aliphatic carbocycles. The second-order valence-corrected chi connectivity index (χ2v) is 8.94. The van der Waals surface area contributed by atoms with E-state index in [0.29, 0.717) is 22.6 Å². The van der Waals surface area contributed by atoms with Crippen molar-refractivity contribution in [2.45, 2.75) is 43.0 Å². The SMILES string of the molecule is COc1ccc(OC[C@@H](O)CSc2nnc(-c3ccccc3Cl)n2C2CCCC2)cc1. The molecule has 1 fully saturated rings. The number of aliphatic hydroxyl groups excluding tert-OH is 1. The molecule has 0 unspecified atom stereocenters. The van der Waals surface area contributed by atoms with Gasteiger partial charge in [0.25, 0.3) is 0 Å². The van der Waals surface area contributed by atoms with Crippen LogP contribution in [0.15, 0.2) is 53.7 Å². The Hall–Kier alpha value is -2.22. The standard InChI is InChI=1S/C23H26ClN3O3S/c1-29-18-10-12-19(13-11-18)30-14-17(28)15-31-23-26-25-22(20-8-4-5-9-21(20)24)27(23)16-6-2-3-7-16/h4-5,8-13,16-17,28H,2-3,6-7,14-15H2,1H3/t17-/m1/s1. The van der Waals surface area contributed by atoms with E-state index in [9.17, 15) is 5.11 Å². The first-order valence-corrected chi connectivity index (χ1v) is 11.8. The molecule has 0 bridgehead atoms. The maximum absolute atomic E-state index is 10.4. The molecule has 1 atom stereocenters. The number of aliphatic hydroxyl groups is 1. The van der Waals surface area contributed by atoms with E-state index in [4.69, 9.17) is 21.1 Å². The molecule has 8 heteroatoms. The van der Waals surface area contributed by atoms with E-state index in [-0.39, 0.29) is 6.61 Å². The molecular weight excluding hydrogens is 434 g/mol. The molecule has 1 aliphatic rings. The highest BCUT2D eigenvalue weighted by molar-refractivity contribution is 7.99. The number of thioether (sulfide) groups is 1. The Labute approximate surface area is 191 Å². The number of nitrogens with zero attached hydrogens (tertiary/aromatic N) is 3. The molecule has 1 N–H and O–H groups in total. The van der Waals surface area contributed by atoms with Crippen molar-refractivity contribution < 1.29 is 14.6 Å². The van der Waals surface area contributed by atoms with Gasteiger partial charge in [0.2, 0.25) is 0 Å². The van der Waals surface area contributed by atoms with Gasteiger partial charge in [-0.05, 0) is 49.2 Å². The van der Waals surface area contributed by atoms with Crippen molar-refractivity contribution in [2.75, 3.05) is 19.5 Å². The lowest BCUT2D eigenvalue weighted by atomic mass is 10.2. The molecule has 0 radical (unpaired) electrons. The van der Waals surface area contributed by atoms with Crippen molar-refractivity contribution in [3.63, 3.8) is 0 Å². The van der Waals surface area contributed by atoms with E-state index < -0.39 is 6.10 Å². The first-order valence-electron chi connectivity index (χ1n) is 10.4. The Balaban J connectivity index is 1.43. The first kappa shape index (κ1) is 22.0. The van der Waals surface area contributed by atoms with Gasteiger partial charge in [0.05, 0.1) is 18.2 Å². The summed E-state index contributed by atoms with van der Waals surface area (Å²) in [4.78, 5) is 0. The lowest BCUT2D eigenvalue weighted by Crippen LogP contribution is -2.20. The molecule has 2 aromatic carbocycles. The molecule has 0 saturated heterocycles. The van der Waals surface area contributed by atoms with Gasteiger partial charge in [0.15, 0.2) is 11.0 Å². The lowest BCUT2D eigenvalue weighted by molar-refractivity contribution is 0.126. The molecule has 0 aliphatic heterocycles. The summed E-state index contributed by atoms with van der Waals surface area (Å²) in [6.45, 7) is 0.203. The predicted molar refractivity (Wildman–Crippen MR) is 123 cm³/mol. The average Bonchev–Trinajstić information content (AvgIpc) is 3.46. The highest BCUT2D eigenvalue weighted by Gasteiger charge is 2.26. The highest BCUT2D eigenvalue weighted by Crippen LogP contribution is 2.38. The van der Waals surface area contributed by atoms with Crippen LogP contribution in [0.2, 0.25) is 5.02 Å². The summed E-state index contributed by atoms with van der Waals surface area (Å²) in [6.07, 6.45) is 3.98. The zero-order valence-corrected chi connectivity index (χ0v) is 19.0. The maximum atomic E-state index is 10.4. The number of halogens is 1. The maximum Gasteiger partial charge on any atom is 0.191 e. The predicted octanol–water partition coefficient (Wildman–Crippen LogP) is 5.25. The molecule has 3 aromatic rings. The number of ether oxygens (including phenoxy) is 2. The Morgan fingerprint density at radius 1 is 1.10 bits per heavy atom. The van der Waals surface area contributed by atoms with Crippen molar-refractivity contribution in [2.24, 2.45) is 0 Å². The van der Waals surface area contributed by atoms with Crippen LogP contribution in [0.5, 0.6) is 11.5 Å². The van der Waals surface area contributed by atoms with Crippen LogP contribution >= 0.6 is 23.4 Å². The van der Waals surface area contributed by atoms with Crippen LogP contribution in [0, 0.1) is 0 Å². The zero-order chi connectivity index (χ0) is 21.6. The van der Waals surface area contributed by atoms with Gasteiger partial charge < -0.3 is 14.6 Å². The minimum absolute atomic E-state index is 0.203. The van der Waals surface area contributed by atoms with Crippen molar-refractivity contribution in [3.05, 3.63) is 53.6 Å². The van der Waals surface area contributed by atoms with E-state index in [0.717, 1.165) is 35.1 Å². The summed E-state index contributed by atoms with van der Waals surface area (Å²) in [5, 5.41) is 20.8. The average molecular weight is 460 g/mol. The summed E-state index contributed by atoms with van der Waals surface area (Å²) in [5.74, 6) is 2.72. The molecule has 6 nitrogen and oxygen atoms in total. The van der Waals surface area contributed by atoms with Gasteiger partial charge in [-0.3, -0.25) is 4.57 Å². The molecule has 31 heavy (non-hydrogen) atoms. The van der Waals surface area contributed by atoms with Crippen LogP contribution in [0.4, 0.5) is 0 Å². The van der Waals surface area contributed by atoms with Crippen molar-refractivity contribution in [1.82, 2.24) is 14.8 Å². The Kier molecular flexibility index (Phi) is 7.37. The number of aromatic nitrogens is 3. The molecule has 0 spiro atoms. The number of rotatable bonds is 9. The monoisotopic (exact) mass is 459 g/mol. The van der Waals surface area contributed by atoms with Crippen LogP contribution in [-0.2, 0) is 0 Å². The van der Waals surface area contributed by atoms with Gasteiger partial charge in [-0.15, -0.1) is 10.2 Å². The Morgan fingerprint density at radius 2 is 1.81 bits per heavy atom. The van der Waals surface area contributed by atoms with Crippen LogP contribution in [0.3, 0.4) is 0 Å². The largest absolute Gasteiger partial charge is 0.497 e. The second-order valence-electron chi connectivity index (χ2n) is 7.55. The Bertz CT molecular complexity index is 990. The van der Waals surface area contributed by atoms with Gasteiger partial charge in [-0.2, -0.15) is 0 Å². The summed E-state index contributed by atoms with van der Waals surface area (Å²) in [7, 11) is 1.62. The lowest BCUT2D eigenvalue weighted by Gasteiger charge is -2.18. The second kappa shape index (κ2) is 10.4. The third-order valence-corrected chi connectivity index (χ3v) is 6.79. The topological polar surface area (TPSA) is 69.4 Å². The van der Waals surface area contributed by atoms with Crippen LogP contribution in [0.1, 0.15) is 31.7 Å². The number of hydrogen-bond donors (Lipinski definition) is 1. The molecular formula is C23H26ClN3O3S. The minimum atomic E-state index is -0.635. The van der Waals surface area contributed by atoms with Crippen LogP contribution < -0.4 is 9.47 Å². The van der Waals surface area contributed by atoms with Crippen LogP contribution in [-0.4, -0.2) is 45.4 Å². The number of methoxy groups -OCH3 is 1. The van der Waals surface area contributed by atoms with E-state index in [1.54, 1.807) is 7.11 Å². The third-order valence-electron chi connectivity index (χ3n) is 5.38. The molecule has 1 heterocycles. The Morgan fingerprint density at radius 3 is 2.52 bits per heavy atom. The van der Waals surface area contributed by atoms with Gasteiger partial charge in [0, 0.05) is 17.4 Å². The fourth-order valence-corrected chi connectivity index (χ4v) is 4.91. The molecule has 0 amide bonds. The number of benzene rings is 2. The van der Waals surface area contributed by atoms with E-state index in [2.05, 4.69) is 14.8 Å². The number of hydrogen-bond acceptors (Lipinski definition) is 6.